The van der Waals surface area contributed by atoms with Gasteiger partial charge in [-0.25, -0.2) is 4.98 Å². The standard InChI is InChI=1S/C14H19N3/c1-2-3-6-13(11-17-10-9-15-12-17)14-7-4-5-8-16-14/h4-5,7-10,12-13H,2-3,6,11H2,1H3. The van der Waals surface area contributed by atoms with Gasteiger partial charge in [0.25, 0.3) is 0 Å². The monoisotopic (exact) mass is 229 g/mol. The normalized spacial score (nSPS) is 12.5. The Morgan fingerprint density at radius 1 is 1.29 bits per heavy atom. The number of imidazole rings is 1. The van der Waals surface area contributed by atoms with Gasteiger partial charge in [-0.2, -0.15) is 0 Å². The summed E-state index contributed by atoms with van der Waals surface area (Å²) in [4.78, 5) is 8.57. The Kier molecular flexibility index (Phi) is 4.30. The van der Waals surface area contributed by atoms with Crippen molar-refractivity contribution in [1.29, 1.82) is 0 Å². The van der Waals surface area contributed by atoms with E-state index in [-0.39, 0.29) is 0 Å². The molecule has 1 atom stereocenters. The Bertz CT molecular complexity index is 408. The Hall–Kier alpha value is -1.64. The summed E-state index contributed by atoms with van der Waals surface area (Å²) >= 11 is 0. The minimum absolute atomic E-state index is 0.491. The Morgan fingerprint density at radius 2 is 2.24 bits per heavy atom. The van der Waals surface area contributed by atoms with Crippen LogP contribution in [0.5, 0.6) is 0 Å². The second-order valence-corrected chi connectivity index (χ2v) is 4.35. The van der Waals surface area contributed by atoms with Gasteiger partial charge in [-0.1, -0.05) is 25.8 Å². The number of pyridine rings is 1. The van der Waals surface area contributed by atoms with E-state index in [2.05, 4.69) is 33.6 Å². The lowest BCUT2D eigenvalue weighted by atomic mass is 9.98. The van der Waals surface area contributed by atoms with Gasteiger partial charge in [-0.3, -0.25) is 4.98 Å². The summed E-state index contributed by atoms with van der Waals surface area (Å²) in [6.45, 7) is 3.20. The maximum Gasteiger partial charge on any atom is 0.0946 e. The topological polar surface area (TPSA) is 30.7 Å². The first-order valence-corrected chi connectivity index (χ1v) is 6.27. The fourth-order valence-electron chi connectivity index (χ4n) is 2.05. The molecule has 0 amide bonds. The third-order valence-corrected chi connectivity index (χ3v) is 3.00. The predicted octanol–water partition coefficient (Wildman–Crippen LogP) is 3.25. The van der Waals surface area contributed by atoms with Crippen LogP contribution in [0.25, 0.3) is 0 Å². The molecule has 2 rings (SSSR count). The Morgan fingerprint density at radius 3 is 2.88 bits per heavy atom. The van der Waals surface area contributed by atoms with Crippen LogP contribution in [0.1, 0.15) is 37.8 Å². The van der Waals surface area contributed by atoms with Crippen molar-refractivity contribution in [3.63, 3.8) is 0 Å². The van der Waals surface area contributed by atoms with Crippen LogP contribution < -0.4 is 0 Å². The van der Waals surface area contributed by atoms with E-state index in [0.717, 1.165) is 6.54 Å². The van der Waals surface area contributed by atoms with Gasteiger partial charge in [-0.05, 0) is 18.6 Å². The zero-order chi connectivity index (χ0) is 11.9. The molecule has 2 aromatic rings. The van der Waals surface area contributed by atoms with Crippen molar-refractivity contribution in [2.24, 2.45) is 0 Å². The zero-order valence-corrected chi connectivity index (χ0v) is 10.3. The summed E-state index contributed by atoms with van der Waals surface area (Å²) in [5.41, 5.74) is 1.19. The highest BCUT2D eigenvalue weighted by Gasteiger charge is 2.12. The van der Waals surface area contributed by atoms with Gasteiger partial charge in [0.05, 0.1) is 6.33 Å². The summed E-state index contributed by atoms with van der Waals surface area (Å²) < 4.78 is 2.13. The van der Waals surface area contributed by atoms with E-state index in [0.29, 0.717) is 5.92 Å². The van der Waals surface area contributed by atoms with Gasteiger partial charge in [0, 0.05) is 36.7 Å². The van der Waals surface area contributed by atoms with Crippen LogP contribution in [0.4, 0.5) is 0 Å². The van der Waals surface area contributed by atoms with Gasteiger partial charge in [0.2, 0.25) is 0 Å². The van der Waals surface area contributed by atoms with Crippen LogP contribution in [0, 0.1) is 0 Å². The van der Waals surface area contributed by atoms with Crippen molar-refractivity contribution < 1.29 is 0 Å². The van der Waals surface area contributed by atoms with E-state index in [9.17, 15) is 0 Å². The average molecular weight is 229 g/mol. The third kappa shape index (κ3) is 3.41. The molecule has 0 aromatic carbocycles. The van der Waals surface area contributed by atoms with Crippen LogP contribution in [0.2, 0.25) is 0 Å². The number of rotatable bonds is 6. The highest BCUT2D eigenvalue weighted by molar-refractivity contribution is 5.09. The highest BCUT2D eigenvalue weighted by atomic mass is 15.0. The Labute approximate surface area is 103 Å². The number of nitrogens with zero attached hydrogens (tertiary/aromatic N) is 3. The molecule has 0 spiro atoms. The fraction of sp³-hybridized carbons (Fsp3) is 0.429. The first-order valence-electron chi connectivity index (χ1n) is 6.27. The Balaban J connectivity index is 2.08. The van der Waals surface area contributed by atoms with Crippen molar-refractivity contribution in [2.75, 3.05) is 0 Å². The molecule has 90 valence electrons. The molecule has 0 aliphatic rings. The molecular weight excluding hydrogens is 210 g/mol. The molecule has 17 heavy (non-hydrogen) atoms. The molecule has 0 aliphatic heterocycles. The van der Waals surface area contributed by atoms with Crippen molar-refractivity contribution in [1.82, 2.24) is 14.5 Å². The van der Waals surface area contributed by atoms with Gasteiger partial charge in [0.15, 0.2) is 0 Å². The zero-order valence-electron chi connectivity index (χ0n) is 10.3. The maximum atomic E-state index is 4.48. The number of aromatic nitrogens is 3. The smallest absolute Gasteiger partial charge is 0.0946 e. The molecule has 2 heterocycles. The number of unbranched alkanes of at least 4 members (excludes halogenated alkanes) is 1. The third-order valence-electron chi connectivity index (χ3n) is 3.00. The average Bonchev–Trinajstić information content (AvgIpc) is 2.88. The highest BCUT2D eigenvalue weighted by Crippen LogP contribution is 2.22. The molecule has 0 fully saturated rings. The SMILES string of the molecule is CCCCC(Cn1ccnc1)c1ccccn1. The lowest BCUT2D eigenvalue weighted by Crippen LogP contribution is -2.09. The van der Waals surface area contributed by atoms with E-state index in [1.54, 1.807) is 0 Å². The predicted molar refractivity (Wildman–Crippen MR) is 68.7 cm³/mol. The fourth-order valence-corrected chi connectivity index (χ4v) is 2.05. The van der Waals surface area contributed by atoms with Crippen LogP contribution >= 0.6 is 0 Å². The van der Waals surface area contributed by atoms with Crippen molar-refractivity contribution in [3.8, 4) is 0 Å². The van der Waals surface area contributed by atoms with Crippen LogP contribution in [0.15, 0.2) is 43.1 Å². The van der Waals surface area contributed by atoms with E-state index in [1.165, 1.54) is 25.0 Å². The first kappa shape index (κ1) is 11.8. The van der Waals surface area contributed by atoms with E-state index in [1.807, 2.05) is 31.0 Å². The molecule has 3 heteroatoms. The molecule has 0 saturated carbocycles. The number of hydrogen-bond acceptors (Lipinski definition) is 2. The number of hydrogen-bond donors (Lipinski definition) is 0. The van der Waals surface area contributed by atoms with Crippen LogP contribution in [-0.2, 0) is 6.54 Å². The molecule has 0 aliphatic carbocycles. The van der Waals surface area contributed by atoms with Gasteiger partial charge < -0.3 is 4.57 Å². The van der Waals surface area contributed by atoms with Crippen LogP contribution in [0.3, 0.4) is 0 Å². The summed E-state index contributed by atoms with van der Waals surface area (Å²) in [5, 5.41) is 0. The largest absolute Gasteiger partial charge is 0.337 e. The van der Waals surface area contributed by atoms with Gasteiger partial charge in [0.1, 0.15) is 0 Å². The first-order chi connectivity index (χ1) is 8.40. The molecule has 0 radical (unpaired) electrons. The summed E-state index contributed by atoms with van der Waals surface area (Å²) in [6, 6.07) is 6.16. The van der Waals surface area contributed by atoms with Crippen molar-refractivity contribution in [2.45, 2.75) is 38.6 Å². The summed E-state index contributed by atoms with van der Waals surface area (Å²) in [5.74, 6) is 0.491. The molecule has 0 bridgehead atoms. The minimum Gasteiger partial charge on any atom is -0.337 e. The minimum atomic E-state index is 0.491. The van der Waals surface area contributed by atoms with Gasteiger partial charge >= 0.3 is 0 Å². The van der Waals surface area contributed by atoms with Gasteiger partial charge in [-0.15, -0.1) is 0 Å². The second-order valence-electron chi connectivity index (χ2n) is 4.35. The quantitative estimate of drug-likeness (QED) is 0.761. The summed E-state index contributed by atoms with van der Waals surface area (Å²) in [7, 11) is 0. The molecule has 1 unspecified atom stereocenters. The maximum absolute atomic E-state index is 4.48. The van der Waals surface area contributed by atoms with E-state index >= 15 is 0 Å². The van der Waals surface area contributed by atoms with Crippen molar-refractivity contribution in [3.05, 3.63) is 48.8 Å². The molecule has 2 aromatic heterocycles. The molecule has 3 nitrogen and oxygen atoms in total. The lowest BCUT2D eigenvalue weighted by molar-refractivity contribution is 0.495. The van der Waals surface area contributed by atoms with Crippen molar-refractivity contribution >= 4 is 0 Å². The lowest BCUT2D eigenvalue weighted by Gasteiger charge is -2.16. The van der Waals surface area contributed by atoms with E-state index in [4.69, 9.17) is 0 Å². The van der Waals surface area contributed by atoms with Crippen LogP contribution in [-0.4, -0.2) is 14.5 Å². The molecule has 0 saturated heterocycles. The molecule has 0 N–H and O–H groups in total. The van der Waals surface area contributed by atoms with E-state index < -0.39 is 0 Å². The summed E-state index contributed by atoms with van der Waals surface area (Å²) in [6.07, 6.45) is 11.3. The molecular formula is C14H19N3. The second kappa shape index (κ2) is 6.18.